The van der Waals surface area contributed by atoms with Gasteiger partial charge in [0.25, 0.3) is 5.91 Å². The molecule has 1 aliphatic rings. The molecule has 30 heavy (non-hydrogen) atoms. The lowest BCUT2D eigenvalue weighted by Crippen LogP contribution is -2.39. The number of aromatic nitrogens is 1. The monoisotopic (exact) mass is 481 g/mol. The van der Waals surface area contributed by atoms with E-state index in [2.05, 4.69) is 4.90 Å². The minimum absolute atomic E-state index is 0.0184. The van der Waals surface area contributed by atoms with Crippen LogP contribution >= 0.6 is 45.9 Å². The van der Waals surface area contributed by atoms with Crippen LogP contribution in [-0.4, -0.2) is 55.2 Å². The van der Waals surface area contributed by atoms with Crippen LogP contribution < -0.4 is 4.90 Å². The molecule has 0 bridgehead atoms. The summed E-state index contributed by atoms with van der Waals surface area (Å²) in [7, 11) is 0. The van der Waals surface area contributed by atoms with Gasteiger partial charge in [0, 0.05) is 42.1 Å². The molecule has 3 aromatic rings. The number of carbonyl (C=O) groups excluding carboxylic acids is 1. The third-order valence-corrected chi connectivity index (χ3v) is 7.14. The van der Waals surface area contributed by atoms with E-state index in [1.807, 2.05) is 29.0 Å². The molecule has 0 atom stereocenters. The third kappa shape index (κ3) is 5.22. The molecule has 0 unspecified atom stereocenters. The Hall–Kier alpha value is -1.48. The maximum atomic E-state index is 13.2. The number of ether oxygens (including phenoxy) is 1. The van der Waals surface area contributed by atoms with E-state index in [1.165, 1.54) is 22.7 Å². The van der Waals surface area contributed by atoms with Crippen LogP contribution in [0.25, 0.3) is 11.3 Å². The Kier molecular flexibility index (Phi) is 7.41. The molecule has 1 amide bonds. The zero-order valence-electron chi connectivity index (χ0n) is 16.2. The van der Waals surface area contributed by atoms with Crippen molar-refractivity contribution in [2.45, 2.75) is 6.42 Å². The Labute approximate surface area is 193 Å². The molecule has 5 nitrogen and oxygen atoms in total. The van der Waals surface area contributed by atoms with Gasteiger partial charge in [0.05, 0.1) is 28.8 Å². The molecule has 3 heterocycles. The van der Waals surface area contributed by atoms with Gasteiger partial charge in [0.2, 0.25) is 0 Å². The molecule has 0 radical (unpaired) electrons. The largest absolute Gasteiger partial charge is 0.379 e. The van der Waals surface area contributed by atoms with E-state index in [1.54, 1.807) is 17.0 Å². The lowest BCUT2D eigenvalue weighted by atomic mass is 10.2. The van der Waals surface area contributed by atoms with Crippen LogP contribution in [0.1, 0.15) is 16.1 Å². The van der Waals surface area contributed by atoms with Gasteiger partial charge < -0.3 is 4.74 Å². The second-order valence-corrected chi connectivity index (χ2v) is 9.51. The van der Waals surface area contributed by atoms with Gasteiger partial charge in [-0.1, -0.05) is 29.3 Å². The van der Waals surface area contributed by atoms with Gasteiger partial charge in [0.15, 0.2) is 5.13 Å². The molecule has 158 valence electrons. The highest BCUT2D eigenvalue weighted by Crippen LogP contribution is 2.34. The second-order valence-electron chi connectivity index (χ2n) is 6.88. The van der Waals surface area contributed by atoms with Gasteiger partial charge in [-0.25, -0.2) is 4.98 Å². The van der Waals surface area contributed by atoms with Crippen molar-refractivity contribution in [3.05, 3.63) is 56.0 Å². The van der Waals surface area contributed by atoms with Crippen LogP contribution in [0.4, 0.5) is 5.13 Å². The molecule has 0 spiro atoms. The first-order valence-electron chi connectivity index (χ1n) is 9.68. The predicted molar refractivity (Wildman–Crippen MR) is 125 cm³/mol. The molecule has 1 aromatic carbocycles. The second kappa shape index (κ2) is 10.2. The smallest absolute Gasteiger partial charge is 0.270 e. The number of carbonyl (C=O) groups is 1. The number of hydrogen-bond acceptors (Lipinski definition) is 6. The molecule has 0 saturated carbocycles. The summed E-state index contributed by atoms with van der Waals surface area (Å²) in [6.45, 7) is 4.96. The number of nitrogens with zero attached hydrogens (tertiary/aromatic N) is 3. The molecule has 0 N–H and O–H groups in total. The van der Waals surface area contributed by atoms with Crippen molar-refractivity contribution < 1.29 is 9.53 Å². The maximum absolute atomic E-state index is 13.2. The summed E-state index contributed by atoms with van der Waals surface area (Å²) in [5.74, 6) is -0.0184. The SMILES string of the molecule is O=C(c1cccs1)N(CCCN1CCOCC1)c1nc(-c2ccc(Cl)cc2Cl)cs1. The van der Waals surface area contributed by atoms with Gasteiger partial charge in [0.1, 0.15) is 0 Å². The summed E-state index contributed by atoms with van der Waals surface area (Å²) < 4.78 is 5.41. The zero-order chi connectivity index (χ0) is 20.9. The van der Waals surface area contributed by atoms with E-state index in [4.69, 9.17) is 32.9 Å². The number of benzene rings is 1. The van der Waals surface area contributed by atoms with Crippen LogP contribution in [0.3, 0.4) is 0 Å². The van der Waals surface area contributed by atoms with Crippen molar-refractivity contribution in [3.63, 3.8) is 0 Å². The highest BCUT2D eigenvalue weighted by Gasteiger charge is 2.22. The fourth-order valence-corrected chi connectivity index (χ4v) is 5.33. The van der Waals surface area contributed by atoms with Crippen LogP contribution in [0.5, 0.6) is 0 Å². The third-order valence-electron chi connectivity index (χ3n) is 4.87. The average Bonchev–Trinajstić information content (AvgIpc) is 3.44. The minimum atomic E-state index is -0.0184. The van der Waals surface area contributed by atoms with E-state index < -0.39 is 0 Å². The van der Waals surface area contributed by atoms with Crippen LogP contribution in [0.2, 0.25) is 10.0 Å². The van der Waals surface area contributed by atoms with Gasteiger partial charge in [-0.2, -0.15) is 0 Å². The molecule has 2 aromatic heterocycles. The molecule has 1 aliphatic heterocycles. The average molecular weight is 482 g/mol. The van der Waals surface area contributed by atoms with Crippen molar-refractivity contribution in [1.29, 1.82) is 0 Å². The van der Waals surface area contributed by atoms with E-state index in [9.17, 15) is 4.79 Å². The summed E-state index contributed by atoms with van der Waals surface area (Å²) in [6, 6.07) is 9.09. The Morgan fingerprint density at radius 3 is 2.77 bits per heavy atom. The van der Waals surface area contributed by atoms with E-state index >= 15 is 0 Å². The summed E-state index contributed by atoms with van der Waals surface area (Å²) in [5, 5.41) is 5.65. The molecule has 1 saturated heterocycles. The van der Waals surface area contributed by atoms with Gasteiger partial charge >= 0.3 is 0 Å². The highest BCUT2D eigenvalue weighted by molar-refractivity contribution is 7.14. The first kappa shape index (κ1) is 21.7. The first-order valence-corrected chi connectivity index (χ1v) is 12.2. The van der Waals surface area contributed by atoms with Gasteiger partial charge in [-0.05, 0) is 36.1 Å². The maximum Gasteiger partial charge on any atom is 0.270 e. The molecule has 1 fully saturated rings. The molecular weight excluding hydrogens is 461 g/mol. The van der Waals surface area contributed by atoms with Crippen molar-refractivity contribution in [3.8, 4) is 11.3 Å². The topological polar surface area (TPSA) is 45.7 Å². The van der Waals surface area contributed by atoms with Crippen LogP contribution in [0.15, 0.2) is 41.1 Å². The number of hydrogen-bond donors (Lipinski definition) is 0. The Morgan fingerprint density at radius 1 is 1.20 bits per heavy atom. The summed E-state index contributed by atoms with van der Waals surface area (Å²) in [5.41, 5.74) is 1.55. The Balaban J connectivity index is 1.53. The molecule has 0 aliphatic carbocycles. The van der Waals surface area contributed by atoms with Gasteiger partial charge in [-0.3, -0.25) is 14.6 Å². The number of thiazole rings is 1. The standard InChI is InChI=1S/C21H21Cl2N3O2S2/c22-15-4-5-16(17(23)13-15)18-14-30-21(24-18)26(20(27)19-3-1-12-29-19)7-2-6-25-8-10-28-11-9-25/h1,3-5,12-14H,2,6-11H2. The fourth-order valence-electron chi connectivity index (χ4n) is 3.30. The summed E-state index contributed by atoms with van der Waals surface area (Å²) in [6.07, 6.45) is 0.869. The number of anilines is 1. The van der Waals surface area contributed by atoms with Crippen molar-refractivity contribution in [2.75, 3.05) is 44.3 Å². The van der Waals surface area contributed by atoms with Crippen molar-refractivity contribution in [1.82, 2.24) is 9.88 Å². The van der Waals surface area contributed by atoms with E-state index in [-0.39, 0.29) is 5.91 Å². The molecule has 9 heteroatoms. The predicted octanol–water partition coefficient (Wildman–Crippen LogP) is 5.55. The van der Waals surface area contributed by atoms with Gasteiger partial charge in [-0.15, -0.1) is 22.7 Å². The first-order chi connectivity index (χ1) is 14.6. The number of rotatable bonds is 7. The van der Waals surface area contributed by atoms with E-state index in [0.29, 0.717) is 26.6 Å². The van der Waals surface area contributed by atoms with Crippen molar-refractivity contribution in [2.24, 2.45) is 0 Å². The molecular formula is C21H21Cl2N3O2S2. The Bertz CT molecular complexity index is 988. The lowest BCUT2D eigenvalue weighted by Gasteiger charge is -2.27. The number of amides is 1. The van der Waals surface area contributed by atoms with Crippen molar-refractivity contribution >= 4 is 56.9 Å². The van der Waals surface area contributed by atoms with E-state index in [0.717, 1.165) is 50.5 Å². The number of morpholine rings is 1. The summed E-state index contributed by atoms with van der Waals surface area (Å²) in [4.78, 5) is 22.8. The zero-order valence-corrected chi connectivity index (χ0v) is 19.4. The Morgan fingerprint density at radius 2 is 2.03 bits per heavy atom. The van der Waals surface area contributed by atoms with Crippen LogP contribution in [0, 0.1) is 0 Å². The fraction of sp³-hybridized carbons (Fsp3) is 0.333. The van der Waals surface area contributed by atoms with Crippen LogP contribution in [-0.2, 0) is 4.74 Å². The number of halogens is 2. The summed E-state index contributed by atoms with van der Waals surface area (Å²) >= 11 is 15.3. The molecule has 4 rings (SSSR count). The normalized spacial score (nSPS) is 14.7. The number of thiophene rings is 1. The minimum Gasteiger partial charge on any atom is -0.379 e. The lowest BCUT2D eigenvalue weighted by molar-refractivity contribution is 0.0376. The quantitative estimate of drug-likeness (QED) is 0.443. The highest BCUT2D eigenvalue weighted by atomic mass is 35.5.